The predicted molar refractivity (Wildman–Crippen MR) is 116 cm³/mol. The lowest BCUT2D eigenvalue weighted by atomic mass is 9.89. The van der Waals surface area contributed by atoms with Gasteiger partial charge in [0.15, 0.2) is 0 Å². The molecule has 2 N–H and O–H groups in total. The molecular weight excluding hydrogens is 400 g/mol. The van der Waals surface area contributed by atoms with Crippen LogP contribution < -0.4 is 10.6 Å². The van der Waals surface area contributed by atoms with Gasteiger partial charge in [-0.2, -0.15) is 0 Å². The van der Waals surface area contributed by atoms with Crippen molar-refractivity contribution in [1.82, 2.24) is 14.9 Å². The van der Waals surface area contributed by atoms with Gasteiger partial charge in [0.25, 0.3) is 0 Å². The predicted octanol–water partition coefficient (Wildman–Crippen LogP) is 3.87. The molecule has 2 heterocycles. The van der Waals surface area contributed by atoms with E-state index in [1.807, 2.05) is 54.2 Å². The lowest BCUT2D eigenvalue weighted by molar-refractivity contribution is -0.123. The maximum atomic E-state index is 12.8. The van der Waals surface area contributed by atoms with Crippen molar-refractivity contribution >= 4 is 29.1 Å². The van der Waals surface area contributed by atoms with Crippen LogP contribution in [0.3, 0.4) is 0 Å². The van der Waals surface area contributed by atoms with Gasteiger partial charge in [-0.05, 0) is 42.2 Å². The van der Waals surface area contributed by atoms with Crippen molar-refractivity contribution in [3.63, 3.8) is 0 Å². The molecule has 7 heteroatoms. The van der Waals surface area contributed by atoms with Crippen molar-refractivity contribution in [2.45, 2.75) is 25.3 Å². The maximum Gasteiger partial charge on any atom is 0.227 e. The number of fused-ring (bicyclic) bond motifs is 1. The molecule has 0 aliphatic carbocycles. The van der Waals surface area contributed by atoms with Gasteiger partial charge in [0.05, 0.1) is 0 Å². The first-order valence-electron chi connectivity index (χ1n) is 9.92. The standard InChI is InChI=1S/C23H23ClN4O2/c1-28-13-12-25-22(28)21(15-6-9-18(24)10-7-15)27-20(29)11-8-17-14-16-4-2-3-5-19(16)26-23(17)30/h2-7,9-10,12-13,17,21H,8,11,14H2,1H3,(H,26,30)(H,27,29)/t17-,21-/m1/s1. The molecule has 2 amide bonds. The van der Waals surface area contributed by atoms with Gasteiger partial charge in [-0.25, -0.2) is 4.98 Å². The Bertz CT molecular complexity index is 1060. The molecule has 0 bridgehead atoms. The van der Waals surface area contributed by atoms with E-state index in [2.05, 4.69) is 15.6 Å². The zero-order chi connectivity index (χ0) is 21.1. The topological polar surface area (TPSA) is 76.0 Å². The van der Waals surface area contributed by atoms with Gasteiger partial charge in [-0.1, -0.05) is 41.9 Å². The number of aromatic nitrogens is 2. The molecule has 2 aromatic carbocycles. The molecule has 0 spiro atoms. The minimum absolute atomic E-state index is 0.0279. The number of hydrogen-bond donors (Lipinski definition) is 2. The van der Waals surface area contributed by atoms with E-state index in [1.54, 1.807) is 18.3 Å². The molecule has 1 aliphatic rings. The number of benzene rings is 2. The number of aryl methyl sites for hydroxylation is 1. The van der Waals surface area contributed by atoms with E-state index in [4.69, 9.17) is 11.6 Å². The van der Waals surface area contributed by atoms with Crippen LogP contribution in [0.1, 0.15) is 35.8 Å². The number of hydrogen-bond acceptors (Lipinski definition) is 3. The molecule has 0 fully saturated rings. The van der Waals surface area contributed by atoms with Gasteiger partial charge in [0.2, 0.25) is 11.8 Å². The smallest absolute Gasteiger partial charge is 0.227 e. The molecule has 1 aliphatic heterocycles. The molecule has 3 aromatic rings. The molecule has 0 unspecified atom stereocenters. The number of carbonyl (C=O) groups excluding carboxylic acids is 2. The van der Waals surface area contributed by atoms with E-state index < -0.39 is 6.04 Å². The molecule has 0 saturated heterocycles. The first kappa shape index (κ1) is 20.2. The molecule has 1 aromatic heterocycles. The highest BCUT2D eigenvalue weighted by Gasteiger charge is 2.27. The number of nitrogens with one attached hydrogen (secondary N) is 2. The third-order valence-electron chi connectivity index (χ3n) is 5.46. The van der Waals surface area contributed by atoms with Gasteiger partial charge < -0.3 is 15.2 Å². The fourth-order valence-corrected chi connectivity index (χ4v) is 3.92. The summed E-state index contributed by atoms with van der Waals surface area (Å²) in [7, 11) is 1.89. The average Bonchev–Trinajstić information content (AvgIpc) is 3.17. The summed E-state index contributed by atoms with van der Waals surface area (Å²) in [4.78, 5) is 29.6. The van der Waals surface area contributed by atoms with Crippen LogP contribution in [0.2, 0.25) is 5.02 Å². The van der Waals surface area contributed by atoms with Gasteiger partial charge in [-0.3, -0.25) is 9.59 Å². The van der Waals surface area contributed by atoms with Gasteiger partial charge in [-0.15, -0.1) is 0 Å². The Labute approximate surface area is 180 Å². The summed E-state index contributed by atoms with van der Waals surface area (Å²) in [5, 5.41) is 6.64. The summed E-state index contributed by atoms with van der Waals surface area (Å²) in [6, 6.07) is 14.7. The third-order valence-corrected chi connectivity index (χ3v) is 5.71. The van der Waals surface area contributed by atoms with Crippen molar-refractivity contribution in [2.24, 2.45) is 13.0 Å². The SMILES string of the molecule is Cn1ccnc1[C@H](NC(=O)CC[C@@H]1Cc2ccccc2NC1=O)c1ccc(Cl)cc1. The largest absolute Gasteiger partial charge is 0.342 e. The normalized spacial score (nSPS) is 16.5. The van der Waals surface area contributed by atoms with Gasteiger partial charge in [0.1, 0.15) is 11.9 Å². The Hall–Kier alpha value is -3.12. The molecule has 30 heavy (non-hydrogen) atoms. The van der Waals surface area contributed by atoms with E-state index in [0.29, 0.717) is 17.9 Å². The van der Waals surface area contributed by atoms with Crippen LogP contribution in [0.4, 0.5) is 5.69 Å². The molecule has 0 radical (unpaired) electrons. The summed E-state index contributed by atoms with van der Waals surface area (Å²) < 4.78 is 1.88. The fraction of sp³-hybridized carbons (Fsp3) is 0.261. The lowest BCUT2D eigenvalue weighted by Gasteiger charge is -2.25. The zero-order valence-corrected chi connectivity index (χ0v) is 17.4. The summed E-state index contributed by atoms with van der Waals surface area (Å²) in [5.41, 5.74) is 2.86. The lowest BCUT2D eigenvalue weighted by Crippen LogP contribution is -2.34. The number of halogens is 1. The number of para-hydroxylation sites is 1. The Balaban J connectivity index is 1.44. The van der Waals surface area contributed by atoms with Gasteiger partial charge >= 0.3 is 0 Å². The van der Waals surface area contributed by atoms with E-state index in [0.717, 1.165) is 22.6 Å². The van der Waals surface area contributed by atoms with Crippen LogP contribution in [0.5, 0.6) is 0 Å². The Morgan fingerprint density at radius 3 is 2.77 bits per heavy atom. The Kier molecular flexibility index (Phi) is 5.86. The van der Waals surface area contributed by atoms with Crippen LogP contribution in [0.25, 0.3) is 0 Å². The second kappa shape index (κ2) is 8.71. The zero-order valence-electron chi connectivity index (χ0n) is 16.6. The fourth-order valence-electron chi connectivity index (χ4n) is 3.79. The van der Waals surface area contributed by atoms with E-state index in [1.165, 1.54) is 0 Å². The molecule has 2 atom stereocenters. The first-order valence-corrected chi connectivity index (χ1v) is 10.3. The number of rotatable bonds is 6. The monoisotopic (exact) mass is 422 g/mol. The number of carbonyl (C=O) groups is 2. The number of imidazole rings is 1. The third kappa shape index (κ3) is 4.39. The summed E-state index contributed by atoms with van der Waals surface area (Å²) >= 11 is 6.02. The van der Waals surface area contributed by atoms with Crippen LogP contribution in [0, 0.1) is 5.92 Å². The Morgan fingerprint density at radius 2 is 2.03 bits per heavy atom. The number of nitrogens with zero attached hydrogens (tertiary/aromatic N) is 2. The quantitative estimate of drug-likeness (QED) is 0.633. The minimum Gasteiger partial charge on any atom is -0.342 e. The summed E-state index contributed by atoms with van der Waals surface area (Å²) in [6.45, 7) is 0. The number of amides is 2. The summed E-state index contributed by atoms with van der Waals surface area (Å²) in [5.74, 6) is 0.368. The van der Waals surface area contributed by atoms with Crippen LogP contribution in [-0.2, 0) is 23.1 Å². The van der Waals surface area contributed by atoms with Crippen molar-refractivity contribution < 1.29 is 9.59 Å². The van der Waals surface area contributed by atoms with Crippen molar-refractivity contribution in [3.05, 3.63) is 82.9 Å². The highest BCUT2D eigenvalue weighted by molar-refractivity contribution is 6.30. The maximum absolute atomic E-state index is 12.8. The van der Waals surface area contributed by atoms with Crippen LogP contribution >= 0.6 is 11.6 Å². The Morgan fingerprint density at radius 1 is 1.27 bits per heavy atom. The first-order chi connectivity index (χ1) is 14.5. The highest BCUT2D eigenvalue weighted by Crippen LogP contribution is 2.28. The average molecular weight is 423 g/mol. The van der Waals surface area contributed by atoms with E-state index in [9.17, 15) is 9.59 Å². The second-order valence-electron chi connectivity index (χ2n) is 7.53. The van der Waals surface area contributed by atoms with E-state index in [-0.39, 0.29) is 24.2 Å². The number of anilines is 1. The highest BCUT2D eigenvalue weighted by atomic mass is 35.5. The van der Waals surface area contributed by atoms with Crippen LogP contribution in [0.15, 0.2) is 60.9 Å². The van der Waals surface area contributed by atoms with E-state index >= 15 is 0 Å². The molecular formula is C23H23ClN4O2. The van der Waals surface area contributed by atoms with Crippen molar-refractivity contribution in [3.8, 4) is 0 Å². The second-order valence-corrected chi connectivity index (χ2v) is 7.97. The molecule has 6 nitrogen and oxygen atoms in total. The van der Waals surface area contributed by atoms with Gasteiger partial charge in [0, 0.05) is 42.5 Å². The summed E-state index contributed by atoms with van der Waals surface area (Å²) in [6.07, 6.45) is 4.94. The molecule has 0 saturated carbocycles. The van der Waals surface area contributed by atoms with Crippen molar-refractivity contribution in [2.75, 3.05) is 5.32 Å². The van der Waals surface area contributed by atoms with Crippen molar-refractivity contribution in [1.29, 1.82) is 0 Å². The van der Waals surface area contributed by atoms with Crippen LogP contribution in [-0.4, -0.2) is 21.4 Å². The molecule has 4 rings (SSSR count). The molecule has 154 valence electrons. The minimum atomic E-state index is -0.393.